The smallest absolute Gasteiger partial charge is 0.0702 e. The molecule has 2 aromatic rings. The minimum Gasteiger partial charge on any atom is -0.256 e. The lowest BCUT2D eigenvalue weighted by Crippen LogP contribution is -2.10. The second kappa shape index (κ2) is 4.77. The van der Waals surface area contributed by atoms with E-state index in [4.69, 9.17) is 0 Å². The van der Waals surface area contributed by atoms with E-state index in [1.54, 1.807) is 6.08 Å². The summed E-state index contributed by atoms with van der Waals surface area (Å²) in [5.41, 5.74) is 4.73. The van der Waals surface area contributed by atoms with Crippen LogP contribution >= 0.6 is 0 Å². The third kappa shape index (κ3) is 2.67. The standard InChI is InChI=1S/C17H19N/c1-5-13-6-11-16(18-12-13)14-7-9-15(10-8-14)17(2,3)4/h5-12H,1H2,2-4H3. The third-order valence-electron chi connectivity index (χ3n) is 3.07. The molecule has 0 aliphatic rings. The van der Waals surface area contributed by atoms with Crippen LogP contribution in [0.1, 0.15) is 31.9 Å². The largest absolute Gasteiger partial charge is 0.256 e. The van der Waals surface area contributed by atoms with Gasteiger partial charge in [0.2, 0.25) is 0 Å². The van der Waals surface area contributed by atoms with Crippen LogP contribution in [-0.4, -0.2) is 4.98 Å². The van der Waals surface area contributed by atoms with Gasteiger partial charge in [0.25, 0.3) is 0 Å². The zero-order valence-corrected chi connectivity index (χ0v) is 11.3. The first-order valence-corrected chi connectivity index (χ1v) is 6.20. The first-order chi connectivity index (χ1) is 8.50. The highest BCUT2D eigenvalue weighted by molar-refractivity contribution is 5.61. The van der Waals surface area contributed by atoms with Crippen LogP contribution in [0.4, 0.5) is 0 Å². The summed E-state index contributed by atoms with van der Waals surface area (Å²) in [5, 5.41) is 0. The molecule has 0 fully saturated rings. The zero-order valence-electron chi connectivity index (χ0n) is 11.3. The number of aromatic nitrogens is 1. The summed E-state index contributed by atoms with van der Waals surface area (Å²) in [6, 6.07) is 12.7. The quantitative estimate of drug-likeness (QED) is 0.738. The molecule has 0 bridgehead atoms. The number of benzene rings is 1. The Morgan fingerprint density at radius 2 is 1.67 bits per heavy atom. The van der Waals surface area contributed by atoms with Gasteiger partial charge in [-0.1, -0.05) is 63.8 Å². The number of hydrogen-bond acceptors (Lipinski definition) is 1. The maximum atomic E-state index is 4.44. The second-order valence-electron chi connectivity index (χ2n) is 5.51. The van der Waals surface area contributed by atoms with Gasteiger partial charge in [0.15, 0.2) is 0 Å². The summed E-state index contributed by atoms with van der Waals surface area (Å²) in [4.78, 5) is 4.44. The molecule has 1 aromatic heterocycles. The molecule has 2 rings (SSSR count). The van der Waals surface area contributed by atoms with Gasteiger partial charge in [-0.25, -0.2) is 0 Å². The molecule has 1 aromatic carbocycles. The molecule has 0 atom stereocenters. The topological polar surface area (TPSA) is 12.9 Å². The molecule has 0 N–H and O–H groups in total. The van der Waals surface area contributed by atoms with Crippen molar-refractivity contribution in [3.05, 3.63) is 60.3 Å². The van der Waals surface area contributed by atoms with Gasteiger partial charge in [-0.3, -0.25) is 4.98 Å². The fourth-order valence-electron chi connectivity index (χ4n) is 1.84. The summed E-state index contributed by atoms with van der Waals surface area (Å²) in [6.07, 6.45) is 3.65. The summed E-state index contributed by atoms with van der Waals surface area (Å²) >= 11 is 0. The molecule has 0 radical (unpaired) electrons. The number of rotatable bonds is 2. The van der Waals surface area contributed by atoms with Crippen LogP contribution in [0, 0.1) is 0 Å². The summed E-state index contributed by atoms with van der Waals surface area (Å²) in [7, 11) is 0. The number of pyridine rings is 1. The first-order valence-electron chi connectivity index (χ1n) is 6.20. The van der Waals surface area contributed by atoms with Crippen LogP contribution in [0.2, 0.25) is 0 Å². The second-order valence-corrected chi connectivity index (χ2v) is 5.51. The molecule has 0 spiro atoms. The van der Waals surface area contributed by atoms with E-state index in [0.717, 1.165) is 16.8 Å². The van der Waals surface area contributed by atoms with Gasteiger partial charge in [0, 0.05) is 11.8 Å². The molecular weight excluding hydrogens is 218 g/mol. The fourth-order valence-corrected chi connectivity index (χ4v) is 1.84. The Bertz CT molecular complexity index is 527. The third-order valence-corrected chi connectivity index (χ3v) is 3.07. The SMILES string of the molecule is C=Cc1ccc(-c2ccc(C(C)(C)C)cc2)nc1. The highest BCUT2D eigenvalue weighted by Gasteiger charge is 2.13. The Hall–Kier alpha value is -1.89. The van der Waals surface area contributed by atoms with Crippen LogP contribution in [0.15, 0.2) is 49.2 Å². The van der Waals surface area contributed by atoms with E-state index in [9.17, 15) is 0 Å². The summed E-state index contributed by atoms with van der Waals surface area (Å²) < 4.78 is 0. The van der Waals surface area contributed by atoms with Gasteiger partial charge in [-0.2, -0.15) is 0 Å². The molecule has 0 aliphatic carbocycles. The van der Waals surface area contributed by atoms with E-state index < -0.39 is 0 Å². The van der Waals surface area contributed by atoms with Crippen molar-refractivity contribution in [3.8, 4) is 11.3 Å². The van der Waals surface area contributed by atoms with E-state index in [-0.39, 0.29) is 5.41 Å². The van der Waals surface area contributed by atoms with Crippen molar-refractivity contribution in [1.82, 2.24) is 4.98 Å². The maximum absolute atomic E-state index is 4.44. The molecule has 92 valence electrons. The molecule has 1 nitrogen and oxygen atoms in total. The lowest BCUT2D eigenvalue weighted by Gasteiger charge is -2.19. The molecule has 0 unspecified atom stereocenters. The summed E-state index contributed by atoms with van der Waals surface area (Å²) in [6.45, 7) is 10.4. The molecule has 1 heterocycles. The van der Waals surface area contributed by atoms with Crippen LogP contribution < -0.4 is 0 Å². The normalized spacial score (nSPS) is 11.3. The number of nitrogens with zero attached hydrogens (tertiary/aromatic N) is 1. The van der Waals surface area contributed by atoms with Crippen molar-refractivity contribution in [3.63, 3.8) is 0 Å². The van der Waals surface area contributed by atoms with E-state index >= 15 is 0 Å². The Labute approximate surface area is 109 Å². The molecule has 0 saturated carbocycles. The van der Waals surface area contributed by atoms with Gasteiger partial charge in [-0.05, 0) is 22.6 Å². The minimum absolute atomic E-state index is 0.193. The van der Waals surface area contributed by atoms with Gasteiger partial charge in [0.05, 0.1) is 5.69 Å². The van der Waals surface area contributed by atoms with Gasteiger partial charge in [-0.15, -0.1) is 0 Å². The Kier molecular flexibility index (Phi) is 3.33. The maximum Gasteiger partial charge on any atom is 0.0702 e. The van der Waals surface area contributed by atoms with Crippen molar-refractivity contribution in [2.45, 2.75) is 26.2 Å². The Morgan fingerprint density at radius 1 is 1.00 bits per heavy atom. The van der Waals surface area contributed by atoms with Gasteiger partial charge >= 0.3 is 0 Å². The lowest BCUT2D eigenvalue weighted by atomic mass is 9.86. The fraction of sp³-hybridized carbons (Fsp3) is 0.235. The van der Waals surface area contributed by atoms with E-state index in [1.807, 2.05) is 18.3 Å². The predicted octanol–water partition coefficient (Wildman–Crippen LogP) is 4.69. The summed E-state index contributed by atoms with van der Waals surface area (Å²) in [5.74, 6) is 0. The average Bonchev–Trinajstić information content (AvgIpc) is 2.38. The molecule has 0 aliphatic heterocycles. The van der Waals surface area contributed by atoms with Gasteiger partial charge < -0.3 is 0 Å². The van der Waals surface area contributed by atoms with Crippen molar-refractivity contribution in [1.29, 1.82) is 0 Å². The van der Waals surface area contributed by atoms with E-state index in [1.165, 1.54) is 5.56 Å². The highest BCUT2D eigenvalue weighted by Crippen LogP contribution is 2.25. The van der Waals surface area contributed by atoms with Crippen molar-refractivity contribution >= 4 is 6.08 Å². The molecule has 0 saturated heterocycles. The monoisotopic (exact) mass is 237 g/mol. The van der Waals surface area contributed by atoms with Crippen molar-refractivity contribution < 1.29 is 0 Å². The molecule has 0 amide bonds. The first kappa shape index (κ1) is 12.6. The van der Waals surface area contributed by atoms with E-state index in [0.29, 0.717) is 0 Å². The van der Waals surface area contributed by atoms with Crippen LogP contribution in [-0.2, 0) is 5.41 Å². The highest BCUT2D eigenvalue weighted by atomic mass is 14.7. The van der Waals surface area contributed by atoms with Gasteiger partial charge in [0.1, 0.15) is 0 Å². The predicted molar refractivity (Wildman–Crippen MR) is 78.5 cm³/mol. The Balaban J connectivity index is 2.31. The van der Waals surface area contributed by atoms with Crippen LogP contribution in [0.5, 0.6) is 0 Å². The number of hydrogen-bond donors (Lipinski definition) is 0. The minimum atomic E-state index is 0.193. The molecule has 18 heavy (non-hydrogen) atoms. The molecule has 1 heteroatoms. The van der Waals surface area contributed by atoms with E-state index in [2.05, 4.69) is 56.6 Å². The lowest BCUT2D eigenvalue weighted by molar-refractivity contribution is 0.590. The average molecular weight is 237 g/mol. The van der Waals surface area contributed by atoms with Crippen molar-refractivity contribution in [2.24, 2.45) is 0 Å². The van der Waals surface area contributed by atoms with Crippen molar-refractivity contribution in [2.75, 3.05) is 0 Å². The van der Waals surface area contributed by atoms with Crippen LogP contribution in [0.3, 0.4) is 0 Å². The Morgan fingerprint density at radius 3 is 2.11 bits per heavy atom. The molecular formula is C17H19N. The van der Waals surface area contributed by atoms with Crippen LogP contribution in [0.25, 0.3) is 17.3 Å². The zero-order chi connectivity index (χ0) is 13.2.